The second-order valence-electron chi connectivity index (χ2n) is 5.35. The summed E-state index contributed by atoms with van der Waals surface area (Å²) < 4.78 is 0. The highest BCUT2D eigenvalue weighted by Gasteiger charge is 2.01. The Hall–Kier alpha value is -3.33. The van der Waals surface area contributed by atoms with E-state index < -0.39 is 0 Å². The lowest BCUT2D eigenvalue weighted by molar-refractivity contribution is -0.119. The van der Waals surface area contributed by atoms with Gasteiger partial charge in [-0.2, -0.15) is 0 Å². The van der Waals surface area contributed by atoms with Crippen molar-refractivity contribution >= 4 is 51.9 Å². The molecule has 0 aliphatic heterocycles. The van der Waals surface area contributed by atoms with Crippen LogP contribution in [0.1, 0.15) is 13.8 Å². The normalized spacial score (nSPS) is 9.62. The summed E-state index contributed by atoms with van der Waals surface area (Å²) in [4.78, 5) is 21.7. The van der Waals surface area contributed by atoms with Crippen LogP contribution in [0.25, 0.3) is 0 Å². The summed E-state index contributed by atoms with van der Waals surface area (Å²) in [5.41, 5.74) is 13.7. The van der Waals surface area contributed by atoms with Crippen LogP contribution in [0.5, 0.6) is 0 Å². The Kier molecular flexibility index (Phi) is 6.75. The lowest BCUT2D eigenvalue weighted by Gasteiger charge is -2.12. The molecule has 0 heterocycles. The van der Waals surface area contributed by atoms with Gasteiger partial charge in [0.25, 0.3) is 0 Å². The van der Waals surface area contributed by atoms with E-state index in [1.807, 2.05) is 48.5 Å². The van der Waals surface area contributed by atoms with E-state index in [9.17, 15) is 9.59 Å². The summed E-state index contributed by atoms with van der Waals surface area (Å²) >= 11 is 5.29. The highest BCUT2D eigenvalue weighted by Crippen LogP contribution is 2.15. The highest BCUT2D eigenvalue weighted by atomic mass is 32.1. The molecule has 2 amide bonds. The Bertz CT molecular complexity index is 711. The van der Waals surface area contributed by atoms with Gasteiger partial charge in [-0.3, -0.25) is 31.3 Å². The Morgan fingerprint density at radius 2 is 0.962 bits per heavy atom. The number of anilines is 4. The first-order chi connectivity index (χ1) is 12.4. The van der Waals surface area contributed by atoms with Crippen LogP contribution >= 0.6 is 12.2 Å². The number of carbonyl (C=O) groups is 2. The van der Waals surface area contributed by atoms with Crippen LogP contribution < -0.4 is 32.3 Å². The molecular formula is C17H20N6O2S. The molecule has 0 bridgehead atoms. The predicted octanol–water partition coefficient (Wildman–Crippen LogP) is 2.42. The summed E-state index contributed by atoms with van der Waals surface area (Å²) in [5.74, 6) is -0.341. The minimum absolute atomic E-state index is 0.170. The molecule has 0 fully saturated rings. The molecule has 0 atom stereocenters. The summed E-state index contributed by atoms with van der Waals surface area (Å²) in [7, 11) is 0. The van der Waals surface area contributed by atoms with Gasteiger partial charge < -0.3 is 10.6 Å². The second-order valence-corrected chi connectivity index (χ2v) is 5.75. The molecule has 0 aliphatic rings. The standard InChI is InChI=1S/C17H20N6O2S/c1-11(24)20-22-15-7-3-13(4-8-15)18-17(26)19-14-5-9-16(10-6-14)23-21-12(2)25/h3-10,22-23H,1-2H3,(H,20,24)(H,21,25)(H2,18,19,26). The van der Waals surface area contributed by atoms with Crippen molar-refractivity contribution in [3.05, 3.63) is 48.5 Å². The van der Waals surface area contributed by atoms with Gasteiger partial charge in [-0.25, -0.2) is 0 Å². The minimum atomic E-state index is -0.170. The van der Waals surface area contributed by atoms with Crippen molar-refractivity contribution in [2.75, 3.05) is 21.5 Å². The Balaban J connectivity index is 1.84. The second kappa shape index (κ2) is 9.23. The van der Waals surface area contributed by atoms with Gasteiger partial charge in [-0.05, 0) is 60.7 Å². The van der Waals surface area contributed by atoms with Crippen molar-refractivity contribution in [2.45, 2.75) is 13.8 Å². The molecule has 9 heteroatoms. The maximum atomic E-state index is 10.9. The molecule has 0 radical (unpaired) electrons. The SMILES string of the molecule is CC(=O)NNc1ccc(NC(=S)Nc2ccc(NNC(C)=O)cc2)cc1. The number of hydrogen-bond donors (Lipinski definition) is 6. The van der Waals surface area contributed by atoms with Gasteiger partial charge in [0.15, 0.2) is 5.11 Å². The molecule has 2 aromatic rings. The number of hydrogen-bond acceptors (Lipinski definition) is 5. The monoisotopic (exact) mass is 372 g/mol. The molecule has 6 N–H and O–H groups in total. The Morgan fingerprint density at radius 3 is 1.27 bits per heavy atom. The number of hydrazine groups is 2. The van der Waals surface area contributed by atoms with E-state index in [1.165, 1.54) is 13.8 Å². The highest BCUT2D eigenvalue weighted by molar-refractivity contribution is 7.80. The number of amides is 2. The smallest absolute Gasteiger partial charge is 0.235 e. The van der Waals surface area contributed by atoms with E-state index in [-0.39, 0.29) is 11.8 Å². The van der Waals surface area contributed by atoms with Crippen molar-refractivity contribution in [3.63, 3.8) is 0 Å². The zero-order chi connectivity index (χ0) is 18.9. The van der Waals surface area contributed by atoms with E-state index >= 15 is 0 Å². The fourth-order valence-electron chi connectivity index (χ4n) is 1.89. The van der Waals surface area contributed by atoms with E-state index in [0.717, 1.165) is 22.7 Å². The average Bonchev–Trinajstić information content (AvgIpc) is 2.60. The zero-order valence-corrected chi connectivity index (χ0v) is 15.2. The van der Waals surface area contributed by atoms with Crippen LogP contribution in [-0.4, -0.2) is 16.9 Å². The molecule has 8 nitrogen and oxygen atoms in total. The van der Waals surface area contributed by atoms with E-state index in [1.54, 1.807) is 0 Å². The fraction of sp³-hybridized carbons (Fsp3) is 0.118. The Morgan fingerprint density at radius 1 is 0.654 bits per heavy atom. The number of rotatable bonds is 6. The molecule has 0 aliphatic carbocycles. The maximum absolute atomic E-state index is 10.9. The minimum Gasteiger partial charge on any atom is -0.332 e. The first kappa shape index (κ1) is 19.0. The average molecular weight is 372 g/mol. The molecule has 0 aromatic heterocycles. The van der Waals surface area contributed by atoms with Gasteiger partial charge in [0.05, 0.1) is 11.4 Å². The summed E-state index contributed by atoms with van der Waals surface area (Å²) in [6.45, 7) is 2.85. The van der Waals surface area contributed by atoms with Crippen molar-refractivity contribution in [3.8, 4) is 0 Å². The number of benzene rings is 2. The summed E-state index contributed by atoms with van der Waals surface area (Å²) in [5, 5.41) is 6.58. The van der Waals surface area contributed by atoms with E-state index in [4.69, 9.17) is 12.2 Å². The lowest BCUT2D eigenvalue weighted by atomic mass is 10.3. The largest absolute Gasteiger partial charge is 0.332 e. The predicted molar refractivity (Wildman–Crippen MR) is 108 cm³/mol. The van der Waals surface area contributed by atoms with Crippen molar-refractivity contribution in [1.29, 1.82) is 0 Å². The molecule has 0 saturated carbocycles. The fourth-order valence-corrected chi connectivity index (χ4v) is 2.12. The van der Waals surface area contributed by atoms with Crippen LogP contribution in [0.3, 0.4) is 0 Å². The molecule has 26 heavy (non-hydrogen) atoms. The molecule has 2 rings (SSSR count). The summed E-state index contributed by atoms with van der Waals surface area (Å²) in [6, 6.07) is 14.6. The summed E-state index contributed by atoms with van der Waals surface area (Å²) in [6.07, 6.45) is 0. The van der Waals surface area contributed by atoms with Gasteiger partial charge in [-0.15, -0.1) is 0 Å². The molecule has 0 spiro atoms. The number of nitrogens with one attached hydrogen (secondary N) is 6. The molecule has 0 unspecified atom stereocenters. The first-order valence-corrected chi connectivity index (χ1v) is 8.16. The molecule has 2 aromatic carbocycles. The van der Waals surface area contributed by atoms with Gasteiger partial charge in [0.1, 0.15) is 0 Å². The Labute approximate surface area is 156 Å². The van der Waals surface area contributed by atoms with Crippen molar-refractivity contribution in [2.24, 2.45) is 0 Å². The third kappa shape index (κ3) is 6.65. The van der Waals surface area contributed by atoms with Crippen LogP contribution in [0.15, 0.2) is 48.5 Å². The van der Waals surface area contributed by atoms with Crippen molar-refractivity contribution in [1.82, 2.24) is 10.9 Å². The van der Waals surface area contributed by atoms with E-state index in [0.29, 0.717) is 5.11 Å². The first-order valence-electron chi connectivity index (χ1n) is 7.76. The van der Waals surface area contributed by atoms with Crippen molar-refractivity contribution < 1.29 is 9.59 Å². The molecular weight excluding hydrogens is 352 g/mol. The van der Waals surface area contributed by atoms with Gasteiger partial charge in [-0.1, -0.05) is 0 Å². The third-order valence-corrected chi connectivity index (χ3v) is 3.26. The number of thiocarbonyl (C=S) groups is 1. The maximum Gasteiger partial charge on any atom is 0.235 e. The van der Waals surface area contributed by atoms with Gasteiger partial charge in [0, 0.05) is 25.2 Å². The van der Waals surface area contributed by atoms with E-state index in [2.05, 4.69) is 32.3 Å². The number of carbonyl (C=O) groups excluding carboxylic acids is 2. The van der Waals surface area contributed by atoms with Crippen LogP contribution in [-0.2, 0) is 9.59 Å². The third-order valence-electron chi connectivity index (χ3n) is 3.05. The van der Waals surface area contributed by atoms with Gasteiger partial charge in [0.2, 0.25) is 11.8 Å². The van der Waals surface area contributed by atoms with Crippen LogP contribution in [0.4, 0.5) is 22.7 Å². The van der Waals surface area contributed by atoms with Gasteiger partial charge >= 0.3 is 0 Å². The zero-order valence-electron chi connectivity index (χ0n) is 14.3. The van der Waals surface area contributed by atoms with Crippen LogP contribution in [0.2, 0.25) is 0 Å². The van der Waals surface area contributed by atoms with Crippen LogP contribution in [0, 0.1) is 0 Å². The molecule has 0 saturated heterocycles. The topological polar surface area (TPSA) is 106 Å². The quantitative estimate of drug-likeness (QED) is 0.342. The lowest BCUT2D eigenvalue weighted by Crippen LogP contribution is -2.26. The molecule has 136 valence electrons.